The molecule has 3 unspecified atom stereocenters. The molecule has 22 heavy (non-hydrogen) atoms. The van der Waals surface area contributed by atoms with Crippen LogP contribution in [-0.4, -0.2) is 43.0 Å². The lowest BCUT2D eigenvalue weighted by Gasteiger charge is -2.27. The quantitative estimate of drug-likeness (QED) is 0.775. The first-order valence-corrected chi connectivity index (χ1v) is 7.90. The molecule has 3 rings (SSSR count). The van der Waals surface area contributed by atoms with Gasteiger partial charge in [-0.05, 0) is 44.0 Å². The monoisotopic (exact) mass is 306 g/mol. The van der Waals surface area contributed by atoms with Crippen molar-refractivity contribution in [3.8, 4) is 0 Å². The second-order valence-electron chi connectivity index (χ2n) is 6.07. The van der Waals surface area contributed by atoms with Gasteiger partial charge in [0.1, 0.15) is 11.9 Å². The first-order chi connectivity index (χ1) is 10.7. The van der Waals surface area contributed by atoms with E-state index in [1.54, 1.807) is 12.1 Å². The summed E-state index contributed by atoms with van der Waals surface area (Å²) in [5.74, 6) is -0.0795. The summed E-state index contributed by atoms with van der Waals surface area (Å²) >= 11 is 0. The zero-order valence-electron chi connectivity index (χ0n) is 12.8. The van der Waals surface area contributed by atoms with E-state index in [4.69, 9.17) is 0 Å². The molecule has 2 aliphatic rings. The first kappa shape index (κ1) is 15.4. The average Bonchev–Trinajstić information content (AvgIpc) is 3.17. The van der Waals surface area contributed by atoms with Gasteiger partial charge >= 0.3 is 0 Å². The smallest absolute Gasteiger partial charge is 0.241 e. The number of halogens is 1. The van der Waals surface area contributed by atoms with E-state index in [1.807, 2.05) is 11.9 Å². The normalized spacial score (nSPS) is 28.3. The number of benzene rings is 1. The standard InChI is InChI=1S/C16H23FN4O/c1-18-10-13-3-2-8-21(13)16(22)15-9-14(19-20-15)11-4-6-12(17)7-5-11/h4-7,13-15,18-20H,2-3,8-10H2,1H3. The van der Waals surface area contributed by atoms with E-state index in [0.29, 0.717) is 12.5 Å². The zero-order chi connectivity index (χ0) is 15.5. The second kappa shape index (κ2) is 6.73. The molecule has 2 heterocycles. The fraction of sp³-hybridized carbons (Fsp3) is 0.562. The van der Waals surface area contributed by atoms with Gasteiger partial charge in [0.15, 0.2) is 0 Å². The van der Waals surface area contributed by atoms with Crippen molar-refractivity contribution in [2.24, 2.45) is 0 Å². The fourth-order valence-electron chi connectivity index (χ4n) is 3.41. The van der Waals surface area contributed by atoms with Crippen LogP contribution in [0.25, 0.3) is 0 Å². The lowest BCUT2D eigenvalue weighted by atomic mass is 10.0. The molecule has 5 nitrogen and oxygen atoms in total. The number of nitrogens with one attached hydrogen (secondary N) is 3. The number of likely N-dealkylation sites (N-methyl/N-ethyl adjacent to an activating group) is 1. The third-order valence-electron chi connectivity index (χ3n) is 4.57. The summed E-state index contributed by atoms with van der Waals surface area (Å²) in [6.45, 7) is 1.68. The molecule has 2 fully saturated rings. The van der Waals surface area contributed by atoms with Crippen molar-refractivity contribution < 1.29 is 9.18 Å². The number of carbonyl (C=O) groups is 1. The third kappa shape index (κ3) is 3.14. The van der Waals surface area contributed by atoms with Crippen LogP contribution in [0.4, 0.5) is 4.39 Å². The minimum absolute atomic E-state index is 0.0416. The molecule has 0 aromatic heterocycles. The number of rotatable bonds is 4. The predicted octanol–water partition coefficient (Wildman–Crippen LogP) is 0.944. The third-order valence-corrected chi connectivity index (χ3v) is 4.57. The van der Waals surface area contributed by atoms with Crippen LogP contribution in [0.1, 0.15) is 30.9 Å². The Labute approximate surface area is 130 Å². The van der Waals surface area contributed by atoms with Gasteiger partial charge in [-0.1, -0.05) is 12.1 Å². The molecule has 6 heteroatoms. The molecule has 0 radical (unpaired) electrons. The SMILES string of the molecule is CNCC1CCCN1C(=O)C1CC(c2ccc(F)cc2)NN1. The molecular formula is C16H23FN4O. The Morgan fingerprint density at radius 2 is 2.14 bits per heavy atom. The van der Waals surface area contributed by atoms with Crippen molar-refractivity contribution in [3.05, 3.63) is 35.6 Å². The highest BCUT2D eigenvalue weighted by atomic mass is 19.1. The van der Waals surface area contributed by atoms with Crippen LogP contribution >= 0.6 is 0 Å². The van der Waals surface area contributed by atoms with Crippen LogP contribution < -0.4 is 16.2 Å². The van der Waals surface area contributed by atoms with Gasteiger partial charge in [0.2, 0.25) is 5.91 Å². The van der Waals surface area contributed by atoms with Crippen LogP contribution in [0.5, 0.6) is 0 Å². The highest BCUT2D eigenvalue weighted by Crippen LogP contribution is 2.25. The Morgan fingerprint density at radius 1 is 1.36 bits per heavy atom. The summed E-state index contributed by atoms with van der Waals surface area (Å²) in [5.41, 5.74) is 7.26. The maximum Gasteiger partial charge on any atom is 0.241 e. The summed E-state index contributed by atoms with van der Waals surface area (Å²) in [6, 6.07) is 6.56. The summed E-state index contributed by atoms with van der Waals surface area (Å²) in [4.78, 5) is 14.7. The van der Waals surface area contributed by atoms with Crippen LogP contribution in [0.2, 0.25) is 0 Å². The number of hydrogen-bond acceptors (Lipinski definition) is 4. The first-order valence-electron chi connectivity index (χ1n) is 7.90. The van der Waals surface area contributed by atoms with E-state index >= 15 is 0 Å². The molecule has 1 amide bonds. The molecule has 120 valence electrons. The van der Waals surface area contributed by atoms with Crippen LogP contribution in [0.3, 0.4) is 0 Å². The van der Waals surface area contributed by atoms with Gasteiger partial charge in [0, 0.05) is 25.2 Å². The maximum absolute atomic E-state index is 13.0. The van der Waals surface area contributed by atoms with Crippen molar-refractivity contribution in [1.29, 1.82) is 0 Å². The van der Waals surface area contributed by atoms with Crippen molar-refractivity contribution in [1.82, 2.24) is 21.1 Å². The van der Waals surface area contributed by atoms with Gasteiger partial charge < -0.3 is 10.2 Å². The van der Waals surface area contributed by atoms with Gasteiger partial charge in [-0.3, -0.25) is 4.79 Å². The lowest BCUT2D eigenvalue weighted by Crippen LogP contribution is -2.49. The lowest BCUT2D eigenvalue weighted by molar-refractivity contribution is -0.133. The number of amides is 1. The maximum atomic E-state index is 13.0. The van der Waals surface area contributed by atoms with Gasteiger partial charge in [-0.15, -0.1) is 0 Å². The molecule has 1 aromatic rings. The van der Waals surface area contributed by atoms with Crippen molar-refractivity contribution in [3.63, 3.8) is 0 Å². The number of likely N-dealkylation sites (tertiary alicyclic amines) is 1. The van der Waals surface area contributed by atoms with Crippen molar-refractivity contribution in [2.75, 3.05) is 20.1 Å². The Hall–Kier alpha value is -1.50. The van der Waals surface area contributed by atoms with E-state index in [0.717, 1.165) is 31.5 Å². The minimum atomic E-state index is -0.241. The van der Waals surface area contributed by atoms with Gasteiger partial charge in [0.05, 0.1) is 0 Å². The van der Waals surface area contributed by atoms with Gasteiger partial charge in [-0.25, -0.2) is 15.2 Å². The molecule has 2 aliphatic heterocycles. The summed E-state index contributed by atoms with van der Waals surface area (Å²) in [5, 5.41) is 3.16. The van der Waals surface area contributed by atoms with Crippen molar-refractivity contribution >= 4 is 5.91 Å². The van der Waals surface area contributed by atoms with Gasteiger partial charge in [-0.2, -0.15) is 0 Å². The molecule has 3 N–H and O–H groups in total. The van der Waals surface area contributed by atoms with Crippen LogP contribution in [-0.2, 0) is 4.79 Å². The molecule has 0 bridgehead atoms. The molecule has 0 saturated carbocycles. The Morgan fingerprint density at radius 3 is 2.86 bits per heavy atom. The molecule has 3 atom stereocenters. The van der Waals surface area contributed by atoms with Crippen LogP contribution in [0, 0.1) is 5.82 Å². The number of nitrogens with zero attached hydrogens (tertiary/aromatic N) is 1. The highest BCUT2D eigenvalue weighted by Gasteiger charge is 2.37. The Balaban J connectivity index is 1.62. The number of hydrazine groups is 1. The van der Waals surface area contributed by atoms with Gasteiger partial charge in [0.25, 0.3) is 0 Å². The predicted molar refractivity (Wildman–Crippen MR) is 82.5 cm³/mol. The van der Waals surface area contributed by atoms with E-state index < -0.39 is 0 Å². The summed E-state index contributed by atoms with van der Waals surface area (Å²) < 4.78 is 13.0. The van der Waals surface area contributed by atoms with E-state index in [-0.39, 0.29) is 23.8 Å². The second-order valence-corrected chi connectivity index (χ2v) is 6.07. The largest absolute Gasteiger partial charge is 0.337 e. The summed E-state index contributed by atoms with van der Waals surface area (Å²) in [7, 11) is 1.92. The molecule has 0 aliphatic carbocycles. The van der Waals surface area contributed by atoms with Crippen LogP contribution in [0.15, 0.2) is 24.3 Å². The summed E-state index contributed by atoms with van der Waals surface area (Å²) in [6.07, 6.45) is 2.82. The fourth-order valence-corrected chi connectivity index (χ4v) is 3.41. The van der Waals surface area contributed by atoms with E-state index in [9.17, 15) is 9.18 Å². The number of carbonyl (C=O) groups excluding carboxylic acids is 1. The zero-order valence-corrected chi connectivity index (χ0v) is 12.8. The van der Waals surface area contributed by atoms with E-state index in [2.05, 4.69) is 16.2 Å². The average molecular weight is 306 g/mol. The molecule has 1 aromatic carbocycles. The number of hydrogen-bond donors (Lipinski definition) is 3. The molecule has 0 spiro atoms. The molecule has 2 saturated heterocycles. The highest BCUT2D eigenvalue weighted by molar-refractivity contribution is 5.82. The Kier molecular flexibility index (Phi) is 4.71. The van der Waals surface area contributed by atoms with E-state index in [1.165, 1.54) is 12.1 Å². The Bertz CT molecular complexity index is 521. The minimum Gasteiger partial charge on any atom is -0.337 e. The molecular weight excluding hydrogens is 283 g/mol. The van der Waals surface area contributed by atoms with Crippen molar-refractivity contribution in [2.45, 2.75) is 37.4 Å². The topological polar surface area (TPSA) is 56.4 Å².